The zero-order valence-corrected chi connectivity index (χ0v) is 17.5. The van der Waals surface area contributed by atoms with Crippen LogP contribution in [0.4, 0.5) is 0 Å². The van der Waals surface area contributed by atoms with Crippen molar-refractivity contribution in [3.63, 3.8) is 0 Å². The average molecular weight is 397 g/mol. The van der Waals surface area contributed by atoms with Crippen molar-refractivity contribution >= 4 is 5.91 Å². The summed E-state index contributed by atoms with van der Waals surface area (Å²) in [4.78, 5) is 30.9. The highest BCUT2D eigenvalue weighted by molar-refractivity contribution is 5.94. The van der Waals surface area contributed by atoms with Gasteiger partial charge in [-0.3, -0.25) is 9.59 Å². The molecule has 2 N–H and O–H groups in total. The number of aliphatic hydroxyl groups excluding tert-OH is 1. The fourth-order valence-corrected chi connectivity index (χ4v) is 4.31. The van der Waals surface area contributed by atoms with Crippen molar-refractivity contribution in [3.8, 4) is 0 Å². The SMILES string of the molecule is CCCC(Cc1ccccc1)N(CCC)C(=O)c1cc2c([nH]c1=O)CCCC2O. The smallest absolute Gasteiger partial charge is 0.261 e. The number of nitrogens with one attached hydrogen (secondary N) is 1. The van der Waals surface area contributed by atoms with Gasteiger partial charge in [0.15, 0.2) is 0 Å². The Hall–Kier alpha value is -2.40. The first-order chi connectivity index (χ1) is 14.0. The molecule has 0 saturated carbocycles. The van der Waals surface area contributed by atoms with E-state index in [0.717, 1.165) is 44.2 Å². The molecule has 1 amide bonds. The fourth-order valence-electron chi connectivity index (χ4n) is 4.31. The van der Waals surface area contributed by atoms with E-state index < -0.39 is 6.10 Å². The van der Waals surface area contributed by atoms with E-state index in [1.807, 2.05) is 30.0 Å². The number of aromatic amines is 1. The van der Waals surface area contributed by atoms with Gasteiger partial charge in [0.25, 0.3) is 11.5 Å². The molecule has 0 bridgehead atoms. The molecule has 156 valence electrons. The number of aryl methyl sites for hydroxylation is 1. The van der Waals surface area contributed by atoms with Crippen LogP contribution < -0.4 is 5.56 Å². The Bertz CT molecular complexity index is 875. The van der Waals surface area contributed by atoms with Gasteiger partial charge in [-0.05, 0) is 50.2 Å². The van der Waals surface area contributed by atoms with E-state index in [9.17, 15) is 14.7 Å². The number of hydrogen-bond donors (Lipinski definition) is 2. The second kappa shape index (κ2) is 9.88. The molecule has 1 aliphatic rings. The van der Waals surface area contributed by atoms with E-state index in [-0.39, 0.29) is 23.1 Å². The first-order valence-electron chi connectivity index (χ1n) is 10.8. The van der Waals surface area contributed by atoms with Gasteiger partial charge >= 0.3 is 0 Å². The molecule has 0 saturated heterocycles. The van der Waals surface area contributed by atoms with Crippen LogP contribution in [0.25, 0.3) is 0 Å². The second-order valence-corrected chi connectivity index (χ2v) is 7.98. The summed E-state index contributed by atoms with van der Waals surface area (Å²) in [7, 11) is 0. The number of pyridine rings is 1. The Morgan fingerprint density at radius 1 is 1.24 bits per heavy atom. The molecule has 1 heterocycles. The van der Waals surface area contributed by atoms with Crippen molar-refractivity contribution in [3.05, 3.63) is 69.1 Å². The highest BCUT2D eigenvalue weighted by atomic mass is 16.3. The molecular weight excluding hydrogens is 364 g/mol. The number of rotatable bonds is 8. The third kappa shape index (κ3) is 4.96. The number of benzene rings is 1. The molecule has 1 aliphatic carbocycles. The Labute approximate surface area is 172 Å². The number of fused-ring (bicyclic) bond motifs is 1. The van der Waals surface area contributed by atoms with Gasteiger partial charge in [-0.15, -0.1) is 0 Å². The standard InChI is InChI=1S/C24H32N2O3/c1-3-9-18(15-17-10-6-5-7-11-17)26(14-4-2)24(29)20-16-19-21(25-23(20)28)12-8-13-22(19)27/h5-7,10-11,16,18,22,27H,3-4,8-9,12-15H2,1-2H3,(H,25,28). The van der Waals surface area contributed by atoms with E-state index in [4.69, 9.17) is 0 Å². The summed E-state index contributed by atoms with van der Waals surface area (Å²) < 4.78 is 0. The molecular formula is C24H32N2O3. The normalized spacial score (nSPS) is 16.9. The predicted octanol–water partition coefficient (Wildman–Crippen LogP) is 4.01. The second-order valence-electron chi connectivity index (χ2n) is 7.98. The Kier molecular flexibility index (Phi) is 7.26. The number of H-pyrrole nitrogens is 1. The molecule has 0 spiro atoms. The Morgan fingerprint density at radius 2 is 2.00 bits per heavy atom. The van der Waals surface area contributed by atoms with Crippen LogP contribution in [0.5, 0.6) is 0 Å². The number of hydrogen-bond acceptors (Lipinski definition) is 3. The summed E-state index contributed by atoms with van der Waals surface area (Å²) in [6.45, 7) is 4.77. The lowest BCUT2D eigenvalue weighted by molar-refractivity contribution is 0.0663. The van der Waals surface area contributed by atoms with Crippen LogP contribution in [0.1, 0.15) is 79.2 Å². The maximum Gasteiger partial charge on any atom is 0.261 e. The van der Waals surface area contributed by atoms with Crippen LogP contribution in [0.2, 0.25) is 0 Å². The van der Waals surface area contributed by atoms with Gasteiger partial charge in [-0.2, -0.15) is 0 Å². The molecule has 1 aromatic carbocycles. The monoisotopic (exact) mass is 396 g/mol. The van der Waals surface area contributed by atoms with Crippen LogP contribution in [-0.4, -0.2) is 33.5 Å². The molecule has 0 aliphatic heterocycles. The number of carbonyl (C=O) groups is 1. The molecule has 2 unspecified atom stereocenters. The Balaban J connectivity index is 1.93. The van der Waals surface area contributed by atoms with Gasteiger partial charge in [0.2, 0.25) is 0 Å². The lowest BCUT2D eigenvalue weighted by Crippen LogP contribution is -2.44. The topological polar surface area (TPSA) is 73.4 Å². The van der Waals surface area contributed by atoms with Gasteiger partial charge in [0.1, 0.15) is 5.56 Å². The van der Waals surface area contributed by atoms with Gasteiger partial charge in [0, 0.05) is 23.8 Å². The first kappa shape index (κ1) is 21.3. The molecule has 5 heteroatoms. The van der Waals surface area contributed by atoms with Crippen LogP contribution in [0.3, 0.4) is 0 Å². The lowest BCUT2D eigenvalue weighted by Gasteiger charge is -2.32. The summed E-state index contributed by atoms with van der Waals surface area (Å²) in [5, 5.41) is 10.3. The third-order valence-corrected chi connectivity index (χ3v) is 5.75. The highest BCUT2D eigenvalue weighted by Gasteiger charge is 2.28. The van der Waals surface area contributed by atoms with Crippen molar-refractivity contribution in [2.24, 2.45) is 0 Å². The highest BCUT2D eigenvalue weighted by Crippen LogP contribution is 2.28. The van der Waals surface area contributed by atoms with Gasteiger partial charge in [0.05, 0.1) is 6.10 Å². The molecule has 1 aromatic heterocycles. The summed E-state index contributed by atoms with van der Waals surface area (Å²) in [6, 6.07) is 11.9. The maximum absolute atomic E-state index is 13.5. The third-order valence-electron chi connectivity index (χ3n) is 5.75. The van der Waals surface area contributed by atoms with Crippen molar-refractivity contribution in [1.29, 1.82) is 0 Å². The summed E-state index contributed by atoms with van der Waals surface area (Å²) >= 11 is 0. The lowest BCUT2D eigenvalue weighted by atomic mass is 9.92. The van der Waals surface area contributed by atoms with Gasteiger partial charge in [-0.1, -0.05) is 50.6 Å². The molecule has 0 fully saturated rings. The first-order valence-corrected chi connectivity index (χ1v) is 10.8. The minimum atomic E-state index is -0.613. The molecule has 2 aromatic rings. The minimum absolute atomic E-state index is 0.0372. The quantitative estimate of drug-likeness (QED) is 0.708. The summed E-state index contributed by atoms with van der Waals surface area (Å²) in [5.74, 6) is -0.233. The number of nitrogens with zero attached hydrogens (tertiary/aromatic N) is 1. The molecule has 5 nitrogen and oxygen atoms in total. The number of aromatic nitrogens is 1. The van der Waals surface area contributed by atoms with E-state index in [2.05, 4.69) is 24.0 Å². The number of aliphatic hydroxyl groups is 1. The van der Waals surface area contributed by atoms with Crippen molar-refractivity contribution < 1.29 is 9.90 Å². The zero-order chi connectivity index (χ0) is 20.8. The van der Waals surface area contributed by atoms with Crippen molar-refractivity contribution in [1.82, 2.24) is 9.88 Å². The van der Waals surface area contributed by atoms with Gasteiger partial charge in [-0.25, -0.2) is 0 Å². The Morgan fingerprint density at radius 3 is 2.69 bits per heavy atom. The zero-order valence-electron chi connectivity index (χ0n) is 17.5. The van der Waals surface area contributed by atoms with Crippen LogP contribution in [-0.2, 0) is 12.8 Å². The van der Waals surface area contributed by atoms with Crippen LogP contribution in [0.15, 0.2) is 41.2 Å². The molecule has 3 rings (SSSR count). The summed E-state index contributed by atoms with van der Waals surface area (Å²) in [5.41, 5.74) is 2.45. The van der Waals surface area contributed by atoms with E-state index in [1.54, 1.807) is 6.07 Å². The predicted molar refractivity (Wildman–Crippen MR) is 115 cm³/mol. The minimum Gasteiger partial charge on any atom is -0.388 e. The molecule has 29 heavy (non-hydrogen) atoms. The van der Waals surface area contributed by atoms with Crippen LogP contribution in [0, 0.1) is 0 Å². The fraction of sp³-hybridized carbons (Fsp3) is 0.500. The van der Waals surface area contributed by atoms with E-state index >= 15 is 0 Å². The van der Waals surface area contributed by atoms with Crippen molar-refractivity contribution in [2.75, 3.05) is 6.54 Å². The number of carbonyl (C=O) groups excluding carboxylic acids is 1. The summed E-state index contributed by atoms with van der Waals surface area (Å²) in [6.07, 6.45) is 5.07. The van der Waals surface area contributed by atoms with E-state index in [0.29, 0.717) is 18.5 Å². The van der Waals surface area contributed by atoms with Crippen molar-refractivity contribution in [2.45, 2.75) is 70.9 Å². The number of amides is 1. The largest absolute Gasteiger partial charge is 0.388 e. The maximum atomic E-state index is 13.5. The van der Waals surface area contributed by atoms with E-state index in [1.165, 1.54) is 5.56 Å². The van der Waals surface area contributed by atoms with Gasteiger partial charge < -0.3 is 15.0 Å². The van der Waals surface area contributed by atoms with Crippen LogP contribution >= 0.6 is 0 Å². The molecule has 0 radical (unpaired) electrons. The molecule has 2 atom stereocenters. The average Bonchev–Trinajstić information content (AvgIpc) is 2.72.